The van der Waals surface area contributed by atoms with Crippen molar-refractivity contribution in [3.8, 4) is 0 Å². The molecule has 1 aliphatic rings. The molecule has 1 atom stereocenters. The van der Waals surface area contributed by atoms with E-state index in [0.29, 0.717) is 18.4 Å². The molecule has 0 aromatic heterocycles. The fraction of sp³-hybridized carbons (Fsp3) is 0.929. The Morgan fingerprint density at radius 1 is 1.50 bits per heavy atom. The number of hydrogen-bond donors (Lipinski definition) is 1. The first kappa shape index (κ1) is 15.8. The van der Waals surface area contributed by atoms with Gasteiger partial charge in [0.1, 0.15) is 0 Å². The van der Waals surface area contributed by atoms with Crippen LogP contribution in [0.1, 0.15) is 52.4 Å². The van der Waals surface area contributed by atoms with Crippen molar-refractivity contribution in [2.75, 3.05) is 19.0 Å². The van der Waals surface area contributed by atoms with E-state index in [1.165, 1.54) is 0 Å². The molecule has 0 aliphatic carbocycles. The highest BCUT2D eigenvalue weighted by Crippen LogP contribution is 2.21. The van der Waals surface area contributed by atoms with E-state index in [9.17, 15) is 4.79 Å². The summed E-state index contributed by atoms with van der Waals surface area (Å²) in [6, 6.07) is 0. The van der Waals surface area contributed by atoms with E-state index in [2.05, 4.69) is 19.2 Å². The number of hydrogen-bond acceptors (Lipinski definition) is 2. The number of carbonyl (C=O) groups excluding carboxylic acids is 1. The predicted octanol–water partition coefficient (Wildman–Crippen LogP) is 3.11. The van der Waals surface area contributed by atoms with Gasteiger partial charge in [-0.05, 0) is 37.5 Å². The first-order valence-corrected chi connectivity index (χ1v) is 7.51. The van der Waals surface area contributed by atoms with Gasteiger partial charge in [-0.1, -0.05) is 13.8 Å². The molecule has 1 amide bonds. The van der Waals surface area contributed by atoms with Gasteiger partial charge in [-0.25, -0.2) is 0 Å². The zero-order valence-electron chi connectivity index (χ0n) is 11.6. The molecule has 18 heavy (non-hydrogen) atoms. The molecule has 0 saturated carbocycles. The number of alkyl halides is 1. The lowest BCUT2D eigenvalue weighted by atomic mass is 9.88. The van der Waals surface area contributed by atoms with Crippen LogP contribution in [0.25, 0.3) is 0 Å². The van der Waals surface area contributed by atoms with Crippen LogP contribution in [0.5, 0.6) is 0 Å². The van der Waals surface area contributed by atoms with E-state index in [0.717, 1.165) is 45.3 Å². The molecule has 0 aromatic rings. The zero-order valence-corrected chi connectivity index (χ0v) is 12.4. The van der Waals surface area contributed by atoms with Crippen molar-refractivity contribution >= 4 is 17.5 Å². The molecule has 0 bridgehead atoms. The summed E-state index contributed by atoms with van der Waals surface area (Å²) in [4.78, 5) is 11.7. The Labute approximate surface area is 116 Å². The summed E-state index contributed by atoms with van der Waals surface area (Å²) in [5, 5.41) is 3.02. The molecule has 0 aromatic carbocycles. The monoisotopic (exact) mass is 275 g/mol. The van der Waals surface area contributed by atoms with Crippen molar-refractivity contribution in [2.45, 2.75) is 58.5 Å². The molecule has 1 rings (SSSR count). The normalized spacial score (nSPS) is 20.1. The zero-order chi connectivity index (χ0) is 13.4. The standard InChI is InChI=1S/C14H26ClNO2/c1-14(2,8-4-9-15)11-16-13(17)7-6-12-5-3-10-18-12/h12H,3-11H2,1-2H3,(H,16,17). The molecule has 4 heteroatoms. The molecule has 1 heterocycles. The minimum Gasteiger partial charge on any atom is -0.378 e. The van der Waals surface area contributed by atoms with Gasteiger partial charge in [0.15, 0.2) is 0 Å². The van der Waals surface area contributed by atoms with Gasteiger partial charge in [-0.15, -0.1) is 11.6 Å². The Hall–Kier alpha value is -0.280. The van der Waals surface area contributed by atoms with E-state index in [4.69, 9.17) is 16.3 Å². The van der Waals surface area contributed by atoms with E-state index < -0.39 is 0 Å². The molecule has 0 radical (unpaired) electrons. The van der Waals surface area contributed by atoms with E-state index in [1.54, 1.807) is 0 Å². The number of rotatable bonds is 8. The summed E-state index contributed by atoms with van der Waals surface area (Å²) in [6.07, 6.45) is 6.03. The lowest BCUT2D eigenvalue weighted by Crippen LogP contribution is -2.34. The van der Waals surface area contributed by atoms with Crippen LogP contribution < -0.4 is 5.32 Å². The number of nitrogens with one attached hydrogen (secondary N) is 1. The summed E-state index contributed by atoms with van der Waals surface area (Å²) in [6.45, 7) is 5.92. The van der Waals surface area contributed by atoms with Gasteiger partial charge in [-0.2, -0.15) is 0 Å². The van der Waals surface area contributed by atoms with Gasteiger partial charge in [0.25, 0.3) is 0 Å². The number of amides is 1. The maximum absolute atomic E-state index is 11.7. The van der Waals surface area contributed by atoms with Crippen LogP contribution in [-0.2, 0) is 9.53 Å². The number of halogens is 1. The smallest absolute Gasteiger partial charge is 0.220 e. The Morgan fingerprint density at radius 2 is 2.28 bits per heavy atom. The lowest BCUT2D eigenvalue weighted by molar-refractivity contribution is -0.122. The first-order chi connectivity index (χ1) is 8.53. The fourth-order valence-electron chi connectivity index (χ4n) is 2.22. The minimum absolute atomic E-state index is 0.133. The second-order valence-electron chi connectivity index (χ2n) is 5.91. The average molecular weight is 276 g/mol. The Balaban J connectivity index is 2.11. The Kier molecular flexibility index (Phi) is 7.02. The van der Waals surface area contributed by atoms with Crippen LogP contribution in [0, 0.1) is 5.41 Å². The van der Waals surface area contributed by atoms with Crippen molar-refractivity contribution in [3.63, 3.8) is 0 Å². The fourth-order valence-corrected chi connectivity index (χ4v) is 2.36. The number of ether oxygens (including phenoxy) is 1. The minimum atomic E-state index is 0.133. The molecule has 1 saturated heterocycles. The highest BCUT2D eigenvalue weighted by Gasteiger charge is 2.20. The third-order valence-corrected chi connectivity index (χ3v) is 3.74. The summed E-state index contributed by atoms with van der Waals surface area (Å²) >= 11 is 5.69. The van der Waals surface area contributed by atoms with Gasteiger partial charge in [0.05, 0.1) is 6.10 Å². The van der Waals surface area contributed by atoms with Crippen molar-refractivity contribution in [1.29, 1.82) is 0 Å². The van der Waals surface area contributed by atoms with Crippen molar-refractivity contribution in [2.24, 2.45) is 5.41 Å². The topological polar surface area (TPSA) is 38.3 Å². The molecule has 0 spiro atoms. The molecule has 106 valence electrons. The largest absolute Gasteiger partial charge is 0.378 e. The average Bonchev–Trinajstić information content (AvgIpc) is 2.84. The Morgan fingerprint density at radius 3 is 2.89 bits per heavy atom. The maximum atomic E-state index is 11.7. The van der Waals surface area contributed by atoms with Crippen LogP contribution in [0.2, 0.25) is 0 Å². The molecular formula is C14H26ClNO2. The van der Waals surface area contributed by atoms with E-state index in [1.807, 2.05) is 0 Å². The van der Waals surface area contributed by atoms with Gasteiger partial charge in [0.2, 0.25) is 5.91 Å². The van der Waals surface area contributed by atoms with Crippen molar-refractivity contribution in [3.05, 3.63) is 0 Å². The van der Waals surface area contributed by atoms with Crippen molar-refractivity contribution < 1.29 is 9.53 Å². The van der Waals surface area contributed by atoms with E-state index >= 15 is 0 Å². The Bertz CT molecular complexity index is 250. The van der Waals surface area contributed by atoms with Crippen LogP contribution in [-0.4, -0.2) is 31.0 Å². The van der Waals surface area contributed by atoms with Crippen LogP contribution in [0.4, 0.5) is 0 Å². The molecule has 1 unspecified atom stereocenters. The van der Waals surface area contributed by atoms with Crippen molar-refractivity contribution in [1.82, 2.24) is 5.32 Å². The predicted molar refractivity (Wildman–Crippen MR) is 75.0 cm³/mol. The van der Waals surface area contributed by atoms with Gasteiger partial charge in [-0.3, -0.25) is 4.79 Å². The van der Waals surface area contributed by atoms with E-state index in [-0.39, 0.29) is 11.3 Å². The second kappa shape index (κ2) is 8.00. The van der Waals surface area contributed by atoms with Gasteiger partial charge < -0.3 is 10.1 Å². The highest BCUT2D eigenvalue weighted by atomic mass is 35.5. The first-order valence-electron chi connectivity index (χ1n) is 6.98. The maximum Gasteiger partial charge on any atom is 0.220 e. The molecule has 1 aliphatic heterocycles. The highest BCUT2D eigenvalue weighted by molar-refractivity contribution is 6.17. The molecule has 3 nitrogen and oxygen atoms in total. The molecule has 1 N–H and O–H groups in total. The SMILES string of the molecule is CC(C)(CCCCl)CNC(=O)CCC1CCCO1. The third-order valence-electron chi connectivity index (χ3n) is 3.47. The summed E-state index contributed by atoms with van der Waals surface area (Å²) in [7, 11) is 0. The summed E-state index contributed by atoms with van der Waals surface area (Å²) in [5.74, 6) is 0.834. The number of carbonyl (C=O) groups is 1. The molecule has 1 fully saturated rings. The third kappa shape index (κ3) is 6.60. The summed E-state index contributed by atoms with van der Waals surface area (Å²) < 4.78 is 5.51. The van der Waals surface area contributed by atoms with Crippen LogP contribution in [0.3, 0.4) is 0 Å². The lowest BCUT2D eigenvalue weighted by Gasteiger charge is -2.24. The van der Waals surface area contributed by atoms with Gasteiger partial charge in [0, 0.05) is 25.5 Å². The second-order valence-corrected chi connectivity index (χ2v) is 6.29. The van der Waals surface area contributed by atoms with Crippen LogP contribution in [0.15, 0.2) is 0 Å². The van der Waals surface area contributed by atoms with Crippen LogP contribution >= 0.6 is 11.6 Å². The summed E-state index contributed by atoms with van der Waals surface area (Å²) in [5.41, 5.74) is 0.133. The van der Waals surface area contributed by atoms with Gasteiger partial charge >= 0.3 is 0 Å². The molecular weight excluding hydrogens is 250 g/mol. The quantitative estimate of drug-likeness (QED) is 0.691.